The zero-order chi connectivity index (χ0) is 14.7. The number of nitrogens with one attached hydrogen (secondary N) is 1. The zero-order valence-electron chi connectivity index (χ0n) is 11.8. The number of hydrogen-bond acceptors (Lipinski definition) is 3. The number of benzene rings is 1. The number of halogens is 2. The summed E-state index contributed by atoms with van der Waals surface area (Å²) in [5, 5.41) is 3.21. The van der Waals surface area contributed by atoms with Gasteiger partial charge in [0.2, 0.25) is 0 Å². The van der Waals surface area contributed by atoms with Crippen molar-refractivity contribution in [1.82, 2.24) is 9.97 Å². The van der Waals surface area contributed by atoms with Crippen molar-refractivity contribution in [3.05, 3.63) is 39.9 Å². The molecule has 106 valence electrons. The Morgan fingerprint density at radius 3 is 2.65 bits per heavy atom. The smallest absolute Gasteiger partial charge is 0.146 e. The number of anilines is 1. The third-order valence-corrected chi connectivity index (χ3v) is 3.67. The maximum Gasteiger partial charge on any atom is 0.146 e. The molecule has 0 aliphatic rings. The monoisotopic (exact) mass is 337 g/mol. The first-order valence-electron chi connectivity index (χ1n) is 6.64. The summed E-state index contributed by atoms with van der Waals surface area (Å²) in [5.74, 6) is 1.19. The molecule has 0 radical (unpaired) electrons. The highest BCUT2D eigenvalue weighted by Gasteiger charge is 2.16. The van der Waals surface area contributed by atoms with Crippen LogP contribution in [-0.4, -0.2) is 16.5 Å². The van der Waals surface area contributed by atoms with Crippen LogP contribution in [0.2, 0.25) is 0 Å². The van der Waals surface area contributed by atoms with Crippen LogP contribution in [0.1, 0.15) is 25.2 Å². The highest BCUT2D eigenvalue weighted by atomic mass is 79.9. The molecule has 2 rings (SSSR count). The molecule has 0 amide bonds. The molecule has 5 heteroatoms. The third-order valence-electron chi connectivity index (χ3n) is 3.06. The molecule has 1 heterocycles. The summed E-state index contributed by atoms with van der Waals surface area (Å²) in [6.07, 6.45) is 0.710. The van der Waals surface area contributed by atoms with Crippen LogP contribution in [0.15, 0.2) is 22.7 Å². The summed E-state index contributed by atoms with van der Waals surface area (Å²) in [5.41, 5.74) is 2.00. The maximum atomic E-state index is 14.3. The van der Waals surface area contributed by atoms with Gasteiger partial charge in [-0.05, 0) is 41.9 Å². The van der Waals surface area contributed by atoms with Crippen molar-refractivity contribution in [2.75, 3.05) is 11.9 Å². The van der Waals surface area contributed by atoms with E-state index in [-0.39, 0.29) is 5.82 Å². The summed E-state index contributed by atoms with van der Waals surface area (Å²) >= 11 is 3.22. The van der Waals surface area contributed by atoms with E-state index in [4.69, 9.17) is 0 Å². The lowest BCUT2D eigenvalue weighted by molar-refractivity contribution is 0.623. The lowest BCUT2D eigenvalue weighted by Gasteiger charge is -2.13. The first-order chi connectivity index (χ1) is 9.58. The average molecular weight is 338 g/mol. The number of aromatic nitrogens is 2. The topological polar surface area (TPSA) is 37.8 Å². The Bertz CT molecular complexity index is 629. The molecule has 0 bridgehead atoms. The van der Waals surface area contributed by atoms with Gasteiger partial charge in [0.1, 0.15) is 17.5 Å². The van der Waals surface area contributed by atoms with E-state index in [2.05, 4.69) is 31.2 Å². The van der Waals surface area contributed by atoms with Crippen molar-refractivity contribution in [2.24, 2.45) is 0 Å². The Hall–Kier alpha value is -1.49. The summed E-state index contributed by atoms with van der Waals surface area (Å²) in [4.78, 5) is 8.96. The van der Waals surface area contributed by atoms with Crippen molar-refractivity contribution >= 4 is 21.7 Å². The number of hydrogen-bond donors (Lipinski definition) is 1. The lowest BCUT2D eigenvalue weighted by atomic mass is 10.1. The zero-order valence-corrected chi connectivity index (χ0v) is 13.4. The molecule has 20 heavy (non-hydrogen) atoms. The van der Waals surface area contributed by atoms with Crippen LogP contribution in [0, 0.1) is 12.7 Å². The Kier molecular flexibility index (Phi) is 4.70. The van der Waals surface area contributed by atoms with Crippen LogP contribution in [0.25, 0.3) is 11.3 Å². The predicted octanol–water partition coefficient (Wildman–Crippen LogP) is 4.35. The Balaban J connectivity index is 2.66. The second kappa shape index (κ2) is 6.31. The molecule has 0 saturated carbocycles. The summed E-state index contributed by atoms with van der Waals surface area (Å²) in [6, 6.07) is 5.23. The fraction of sp³-hybridized carbons (Fsp3) is 0.333. The molecule has 0 aliphatic carbocycles. The largest absolute Gasteiger partial charge is 0.370 e. The molecular formula is C15H17BrFN3. The van der Waals surface area contributed by atoms with E-state index >= 15 is 0 Å². The van der Waals surface area contributed by atoms with Gasteiger partial charge in [-0.3, -0.25) is 0 Å². The molecule has 0 fully saturated rings. The van der Waals surface area contributed by atoms with Crippen molar-refractivity contribution < 1.29 is 4.39 Å². The van der Waals surface area contributed by atoms with Crippen LogP contribution in [0.5, 0.6) is 0 Å². The molecule has 1 aromatic heterocycles. The van der Waals surface area contributed by atoms with Gasteiger partial charge >= 0.3 is 0 Å². The quantitative estimate of drug-likeness (QED) is 0.901. The van der Waals surface area contributed by atoms with Crippen LogP contribution >= 0.6 is 15.9 Å². The van der Waals surface area contributed by atoms with E-state index in [1.165, 1.54) is 0 Å². The molecular weight excluding hydrogens is 321 g/mol. The summed E-state index contributed by atoms with van der Waals surface area (Å²) in [7, 11) is 0. The minimum atomic E-state index is -0.293. The van der Waals surface area contributed by atoms with Crippen LogP contribution in [-0.2, 0) is 6.42 Å². The van der Waals surface area contributed by atoms with Crippen molar-refractivity contribution in [3.63, 3.8) is 0 Å². The van der Waals surface area contributed by atoms with Gasteiger partial charge in [0.05, 0.1) is 10.2 Å². The molecule has 1 aromatic carbocycles. The first kappa shape index (κ1) is 14.9. The molecule has 0 saturated heterocycles. The molecule has 0 aliphatic heterocycles. The second-order valence-corrected chi connectivity index (χ2v) is 5.30. The molecule has 1 N–H and O–H groups in total. The predicted molar refractivity (Wildman–Crippen MR) is 83.4 cm³/mol. The normalized spacial score (nSPS) is 10.7. The van der Waals surface area contributed by atoms with Crippen molar-refractivity contribution in [2.45, 2.75) is 27.2 Å². The van der Waals surface area contributed by atoms with E-state index in [0.717, 1.165) is 17.9 Å². The summed E-state index contributed by atoms with van der Waals surface area (Å²) in [6.45, 7) is 6.67. The minimum absolute atomic E-state index is 0.293. The van der Waals surface area contributed by atoms with E-state index in [0.29, 0.717) is 28.0 Å². The van der Waals surface area contributed by atoms with Gasteiger partial charge in [-0.25, -0.2) is 14.4 Å². The number of rotatable bonds is 4. The van der Waals surface area contributed by atoms with Crippen molar-refractivity contribution in [3.8, 4) is 11.3 Å². The van der Waals surface area contributed by atoms with Gasteiger partial charge in [0.15, 0.2) is 0 Å². The molecule has 0 spiro atoms. The highest BCUT2D eigenvalue weighted by molar-refractivity contribution is 9.10. The Labute approximate surface area is 126 Å². The van der Waals surface area contributed by atoms with Crippen LogP contribution in [0.4, 0.5) is 10.2 Å². The van der Waals surface area contributed by atoms with Gasteiger partial charge in [0, 0.05) is 24.1 Å². The number of aryl methyl sites for hydroxylation is 1. The summed E-state index contributed by atoms with van der Waals surface area (Å²) < 4.78 is 14.7. The van der Waals surface area contributed by atoms with Gasteiger partial charge in [-0.15, -0.1) is 0 Å². The molecule has 0 atom stereocenters. The Morgan fingerprint density at radius 1 is 1.25 bits per heavy atom. The SMILES string of the molecule is CCNc1nc(CC)nc(-c2cccc(Br)c2F)c1C. The van der Waals surface area contributed by atoms with E-state index in [1.807, 2.05) is 26.8 Å². The van der Waals surface area contributed by atoms with Crippen molar-refractivity contribution in [1.29, 1.82) is 0 Å². The highest BCUT2D eigenvalue weighted by Crippen LogP contribution is 2.31. The third kappa shape index (κ3) is 2.82. The number of nitrogens with zero attached hydrogens (tertiary/aromatic N) is 2. The van der Waals surface area contributed by atoms with Crippen LogP contribution in [0.3, 0.4) is 0 Å². The lowest BCUT2D eigenvalue weighted by Crippen LogP contribution is -2.08. The van der Waals surface area contributed by atoms with E-state index in [1.54, 1.807) is 12.1 Å². The molecule has 0 unspecified atom stereocenters. The average Bonchev–Trinajstić information content (AvgIpc) is 2.45. The van der Waals surface area contributed by atoms with E-state index in [9.17, 15) is 4.39 Å². The Morgan fingerprint density at radius 2 is 2.00 bits per heavy atom. The minimum Gasteiger partial charge on any atom is -0.370 e. The fourth-order valence-electron chi connectivity index (χ4n) is 2.01. The van der Waals surface area contributed by atoms with Gasteiger partial charge in [-0.1, -0.05) is 13.0 Å². The van der Waals surface area contributed by atoms with Gasteiger partial charge in [0.25, 0.3) is 0 Å². The standard InChI is InChI=1S/C15H17BrFN3/c1-4-12-19-14(9(3)15(20-12)18-5-2)10-7-6-8-11(16)13(10)17/h6-8H,4-5H2,1-3H3,(H,18,19,20). The fourth-order valence-corrected chi connectivity index (χ4v) is 2.38. The first-order valence-corrected chi connectivity index (χ1v) is 7.43. The van der Waals surface area contributed by atoms with Gasteiger partial charge in [-0.2, -0.15) is 0 Å². The van der Waals surface area contributed by atoms with Crippen LogP contribution < -0.4 is 5.32 Å². The molecule has 2 aromatic rings. The second-order valence-electron chi connectivity index (χ2n) is 4.45. The van der Waals surface area contributed by atoms with Gasteiger partial charge < -0.3 is 5.32 Å². The molecule has 3 nitrogen and oxygen atoms in total. The van der Waals surface area contributed by atoms with E-state index < -0.39 is 0 Å². The maximum absolute atomic E-state index is 14.3.